The third-order valence-corrected chi connectivity index (χ3v) is 12.9. The summed E-state index contributed by atoms with van der Waals surface area (Å²) in [7, 11) is 5.22. The predicted octanol–water partition coefficient (Wildman–Crippen LogP) is 4.80. The largest absolute Gasteiger partial charge is 0.457 e. The molecule has 0 spiro atoms. The molecule has 1 amide bonds. The van der Waals surface area contributed by atoms with Crippen LogP contribution in [0.25, 0.3) is 11.4 Å². The van der Waals surface area contributed by atoms with Crippen molar-refractivity contribution in [2.75, 3.05) is 27.7 Å². The van der Waals surface area contributed by atoms with Crippen LogP contribution in [0.15, 0.2) is 37.6 Å². The molecule has 0 aliphatic carbocycles. The molecule has 3 aliphatic rings. The summed E-state index contributed by atoms with van der Waals surface area (Å²) in [4.78, 5) is 73.9. The lowest BCUT2D eigenvalue weighted by Gasteiger charge is -2.47. The number of rotatable bonds is 12. The van der Waals surface area contributed by atoms with Crippen LogP contribution in [0, 0.1) is 30.6 Å². The standard InChI is InChI=1S/C44H66N6O10/c1-13-34-44(14-2)38(50(42(55)60-44)18-16-15-17-49-23-32(47-24-49)31-22-45-26(4)21-46-31)28(6)35(51)25(3)20-43(9,56-12)39(29(7)36(52)30(8)40(54)58-34)59-41-37(53)33(48(10)11)19-27(5)57-41/h14,21-25,27-30,33-34,37-39,41,53H,2,13,15-20H2,1,3-12H3/t25-,27-,28+,29+,30-,33+,34-,37-,38-,39-,41+,43-,44-/m1/s1. The van der Waals surface area contributed by atoms with Crippen molar-refractivity contribution in [2.45, 2.75) is 148 Å². The van der Waals surface area contributed by atoms with Crippen LogP contribution in [-0.2, 0) is 44.6 Å². The SMILES string of the molecule is C=C[C@]12OC(=O)N(CCCCn3cnc(-c4cnc(C)cn4)c3)[C@@H]1[C@@H](C)C(=O)[C@H](C)C[C@@](C)(OC)[C@H](O[C@@H]1O[C@H](C)C[C@H](N(C)C)[C@H]1O)[C@@H](C)C(=O)[C@@H](C)C(=O)O[C@@H]2CC. The molecule has 2 aromatic heterocycles. The summed E-state index contributed by atoms with van der Waals surface area (Å²) in [6.45, 7) is 18.9. The van der Waals surface area contributed by atoms with Gasteiger partial charge in [0.1, 0.15) is 35.3 Å². The molecule has 16 nitrogen and oxygen atoms in total. The molecule has 3 fully saturated rings. The smallest absolute Gasteiger partial charge is 0.411 e. The highest BCUT2D eigenvalue weighted by molar-refractivity contribution is 6.00. The molecule has 0 bridgehead atoms. The maximum Gasteiger partial charge on any atom is 0.411 e. The molecular weight excluding hydrogens is 773 g/mol. The normalized spacial score (nSPS) is 35.8. The first-order chi connectivity index (χ1) is 28.3. The number of likely N-dealkylation sites (N-methyl/N-ethyl adjacent to an activating group) is 1. The average molecular weight is 839 g/mol. The Labute approximate surface area is 354 Å². The van der Waals surface area contributed by atoms with E-state index in [1.54, 1.807) is 58.2 Å². The number of aromatic nitrogens is 4. The van der Waals surface area contributed by atoms with Crippen molar-refractivity contribution in [3.8, 4) is 11.4 Å². The minimum Gasteiger partial charge on any atom is -0.457 e. The number of carbonyl (C=O) groups is 4. The van der Waals surface area contributed by atoms with Gasteiger partial charge in [0.15, 0.2) is 17.7 Å². The molecule has 0 radical (unpaired) electrons. The van der Waals surface area contributed by atoms with Crippen LogP contribution in [0.1, 0.15) is 86.3 Å². The number of fused-ring (bicyclic) bond motifs is 1. The van der Waals surface area contributed by atoms with Gasteiger partial charge in [-0.25, -0.2) is 9.78 Å². The van der Waals surface area contributed by atoms with Gasteiger partial charge in [-0.15, -0.1) is 0 Å². The molecule has 332 valence electrons. The van der Waals surface area contributed by atoms with E-state index in [1.807, 2.05) is 43.6 Å². The van der Waals surface area contributed by atoms with E-state index in [4.69, 9.17) is 23.7 Å². The second-order valence-corrected chi connectivity index (χ2v) is 17.5. The number of aliphatic hydroxyl groups excluding tert-OH is 1. The van der Waals surface area contributed by atoms with E-state index in [0.717, 1.165) is 5.69 Å². The summed E-state index contributed by atoms with van der Waals surface area (Å²) < 4.78 is 33.2. The number of imidazole rings is 1. The van der Waals surface area contributed by atoms with E-state index in [-0.39, 0.29) is 37.3 Å². The Kier molecular flexibility index (Phi) is 15.1. The highest BCUT2D eigenvalue weighted by Crippen LogP contribution is 2.44. The van der Waals surface area contributed by atoms with Gasteiger partial charge in [-0.3, -0.25) is 29.3 Å². The highest BCUT2D eigenvalue weighted by atomic mass is 16.7. The minimum atomic E-state index is -1.60. The first-order valence-electron chi connectivity index (χ1n) is 21.2. The van der Waals surface area contributed by atoms with Gasteiger partial charge in [-0.2, -0.15) is 0 Å². The Morgan fingerprint density at radius 2 is 1.70 bits per heavy atom. The van der Waals surface area contributed by atoms with Crippen LogP contribution >= 0.6 is 0 Å². The number of aryl methyl sites for hydroxylation is 2. The Bertz CT molecular complexity index is 1840. The van der Waals surface area contributed by atoms with Crippen LogP contribution in [-0.4, -0.2) is 140 Å². The molecule has 60 heavy (non-hydrogen) atoms. The lowest BCUT2D eigenvalue weighted by atomic mass is 9.72. The first-order valence-corrected chi connectivity index (χ1v) is 21.2. The van der Waals surface area contributed by atoms with E-state index < -0.39 is 83.4 Å². The lowest BCUT2D eigenvalue weighted by Crippen LogP contribution is -2.60. The van der Waals surface area contributed by atoms with Gasteiger partial charge in [0, 0.05) is 56.4 Å². The number of esters is 1. The fourth-order valence-corrected chi connectivity index (χ4v) is 9.40. The van der Waals surface area contributed by atoms with E-state index >= 15 is 0 Å². The molecule has 13 atom stereocenters. The van der Waals surface area contributed by atoms with Gasteiger partial charge in [0.2, 0.25) is 0 Å². The van der Waals surface area contributed by atoms with E-state index in [2.05, 4.69) is 21.5 Å². The highest BCUT2D eigenvalue weighted by Gasteiger charge is 2.61. The van der Waals surface area contributed by atoms with Crippen molar-refractivity contribution < 1.29 is 48.0 Å². The number of unbranched alkanes of at least 4 members (excludes halogenated alkanes) is 1. The summed E-state index contributed by atoms with van der Waals surface area (Å²) in [5, 5.41) is 11.5. The molecular formula is C44H66N6O10. The van der Waals surface area contributed by atoms with Crippen LogP contribution < -0.4 is 0 Å². The second kappa shape index (κ2) is 19.3. The molecule has 5 heterocycles. The zero-order valence-electron chi connectivity index (χ0n) is 37.2. The summed E-state index contributed by atoms with van der Waals surface area (Å²) in [6.07, 6.45) is 5.29. The van der Waals surface area contributed by atoms with Gasteiger partial charge < -0.3 is 38.3 Å². The van der Waals surface area contributed by atoms with Gasteiger partial charge in [0.25, 0.3) is 0 Å². The second-order valence-electron chi connectivity index (χ2n) is 17.5. The number of cyclic esters (lactones) is 1. The van der Waals surface area contributed by atoms with Crippen molar-refractivity contribution in [1.29, 1.82) is 0 Å². The summed E-state index contributed by atoms with van der Waals surface area (Å²) in [5.74, 6) is -5.24. The zero-order valence-corrected chi connectivity index (χ0v) is 37.2. The van der Waals surface area contributed by atoms with E-state index in [0.29, 0.717) is 37.2 Å². The Morgan fingerprint density at radius 1 is 1.00 bits per heavy atom. The van der Waals surface area contributed by atoms with Crippen molar-refractivity contribution >= 4 is 23.6 Å². The van der Waals surface area contributed by atoms with Crippen LogP contribution in [0.5, 0.6) is 0 Å². The fraction of sp³-hybridized carbons (Fsp3) is 0.705. The topological polar surface area (TPSA) is 185 Å². The van der Waals surface area contributed by atoms with Crippen molar-refractivity contribution in [3.63, 3.8) is 0 Å². The van der Waals surface area contributed by atoms with E-state index in [1.165, 1.54) is 20.1 Å². The molecule has 3 aliphatic heterocycles. The number of ketones is 2. The summed E-state index contributed by atoms with van der Waals surface area (Å²) >= 11 is 0. The molecule has 0 saturated carbocycles. The number of methoxy groups -OCH3 is 1. The van der Waals surface area contributed by atoms with Crippen molar-refractivity contribution in [1.82, 2.24) is 29.3 Å². The third kappa shape index (κ3) is 9.52. The maximum absolute atomic E-state index is 14.8. The van der Waals surface area contributed by atoms with E-state index in [9.17, 15) is 24.3 Å². The Balaban J connectivity index is 1.45. The van der Waals surface area contributed by atoms with Crippen LogP contribution in [0.2, 0.25) is 0 Å². The quantitative estimate of drug-likeness (QED) is 0.133. The summed E-state index contributed by atoms with van der Waals surface area (Å²) in [5.41, 5.74) is -0.722. The Hall–Kier alpha value is -4.09. The number of nitrogens with zero attached hydrogens (tertiary/aromatic N) is 6. The van der Waals surface area contributed by atoms with Gasteiger partial charge in [0.05, 0.1) is 42.1 Å². The van der Waals surface area contributed by atoms with Gasteiger partial charge in [-0.1, -0.05) is 34.3 Å². The molecule has 1 N–H and O–H groups in total. The molecule has 0 aromatic carbocycles. The average Bonchev–Trinajstić information content (AvgIpc) is 3.81. The third-order valence-electron chi connectivity index (χ3n) is 12.9. The zero-order chi connectivity index (χ0) is 44.3. The number of aliphatic hydroxyl groups is 1. The molecule has 3 saturated heterocycles. The number of amides is 1. The number of ether oxygens (including phenoxy) is 5. The van der Waals surface area contributed by atoms with Crippen LogP contribution in [0.4, 0.5) is 4.79 Å². The minimum absolute atomic E-state index is 0.101. The monoisotopic (exact) mass is 838 g/mol. The fourth-order valence-electron chi connectivity index (χ4n) is 9.40. The number of Topliss-reactive ketones (excluding diaryl/α,β-unsaturated/α-hetero) is 2. The maximum atomic E-state index is 14.8. The van der Waals surface area contributed by atoms with Gasteiger partial charge >= 0.3 is 12.1 Å². The number of hydrogen-bond acceptors (Lipinski definition) is 14. The molecule has 16 heteroatoms. The summed E-state index contributed by atoms with van der Waals surface area (Å²) in [6, 6.07) is -1.19. The molecule has 2 aromatic rings. The Morgan fingerprint density at radius 3 is 2.32 bits per heavy atom. The number of carbonyl (C=O) groups excluding carboxylic acids is 4. The molecule has 5 rings (SSSR count). The van der Waals surface area contributed by atoms with Crippen molar-refractivity contribution in [2.24, 2.45) is 23.7 Å². The predicted molar refractivity (Wildman–Crippen MR) is 221 cm³/mol. The molecule has 0 unspecified atom stereocenters. The first kappa shape index (κ1) is 47.0. The van der Waals surface area contributed by atoms with Gasteiger partial charge in [-0.05, 0) is 80.0 Å². The number of hydrogen-bond donors (Lipinski definition) is 1. The van der Waals surface area contributed by atoms with Crippen LogP contribution in [0.3, 0.4) is 0 Å². The van der Waals surface area contributed by atoms with Crippen molar-refractivity contribution in [3.05, 3.63) is 43.3 Å². The lowest BCUT2D eigenvalue weighted by molar-refractivity contribution is -0.295.